The lowest BCUT2D eigenvalue weighted by Gasteiger charge is -2.18. The van der Waals surface area contributed by atoms with Gasteiger partial charge in [0.2, 0.25) is 10.0 Å². The maximum absolute atomic E-state index is 12.0. The molecule has 1 atom stereocenters. The number of carbonyl (C=O) groups is 1. The maximum atomic E-state index is 12.0. The molecule has 2 rings (SSSR count). The van der Waals surface area contributed by atoms with Crippen LogP contribution in [0.2, 0.25) is 5.02 Å². The van der Waals surface area contributed by atoms with Crippen molar-refractivity contribution in [3.8, 4) is 0 Å². The predicted octanol–water partition coefficient (Wildman–Crippen LogP) is 0.462. The third-order valence-corrected chi connectivity index (χ3v) is 5.67. The fourth-order valence-corrected chi connectivity index (χ4v) is 3.20. The largest absolute Gasteiger partial charge is 0.480 e. The molecule has 2 N–H and O–H groups in total. The lowest BCUT2D eigenvalue weighted by atomic mass is 10.3. The molecule has 1 aromatic rings. The molecule has 0 spiro atoms. The van der Waals surface area contributed by atoms with E-state index in [4.69, 9.17) is 16.7 Å². The van der Waals surface area contributed by atoms with Crippen LogP contribution in [0.15, 0.2) is 12.4 Å². The van der Waals surface area contributed by atoms with Gasteiger partial charge in [-0.05, 0) is 19.8 Å². The molecule has 1 saturated carbocycles. The number of nitrogens with one attached hydrogen (secondary N) is 1. The minimum Gasteiger partial charge on any atom is -0.480 e. The molecule has 1 aliphatic carbocycles. The Hall–Kier alpha value is -1.12. The number of rotatable bonds is 6. The number of aromatic nitrogens is 2. The fourth-order valence-electron chi connectivity index (χ4n) is 1.57. The van der Waals surface area contributed by atoms with Crippen LogP contribution in [0.4, 0.5) is 0 Å². The Labute approximate surface area is 115 Å². The summed E-state index contributed by atoms with van der Waals surface area (Å²) in [4.78, 5) is 11.1. The van der Waals surface area contributed by atoms with Gasteiger partial charge in [0.25, 0.3) is 0 Å². The van der Waals surface area contributed by atoms with Crippen molar-refractivity contribution in [1.82, 2.24) is 14.5 Å². The second-order valence-corrected chi connectivity index (χ2v) is 7.51. The highest BCUT2D eigenvalue weighted by molar-refractivity contribution is 7.91. The Morgan fingerprint density at radius 3 is 2.74 bits per heavy atom. The zero-order chi connectivity index (χ0) is 14.3. The van der Waals surface area contributed by atoms with Crippen LogP contribution >= 0.6 is 11.6 Å². The number of carboxylic acid groups (broad SMARTS) is 1. The smallest absolute Gasteiger partial charge is 0.323 e. The zero-order valence-corrected chi connectivity index (χ0v) is 11.8. The second-order valence-electron chi connectivity index (χ2n) is 4.84. The van der Waals surface area contributed by atoms with Crippen molar-refractivity contribution in [2.75, 3.05) is 0 Å². The molecular weight excluding hydrogens is 294 g/mol. The van der Waals surface area contributed by atoms with Crippen molar-refractivity contribution in [1.29, 1.82) is 0 Å². The molecule has 1 unspecified atom stereocenters. The van der Waals surface area contributed by atoms with Crippen LogP contribution in [0.1, 0.15) is 19.8 Å². The number of nitrogens with zero attached hydrogens (tertiary/aromatic N) is 2. The predicted molar refractivity (Wildman–Crippen MR) is 68.4 cm³/mol. The van der Waals surface area contributed by atoms with Gasteiger partial charge in [-0.25, -0.2) is 8.42 Å². The molecule has 106 valence electrons. The van der Waals surface area contributed by atoms with Gasteiger partial charge in [-0.1, -0.05) is 11.6 Å². The molecule has 1 heterocycles. The highest BCUT2D eigenvalue weighted by atomic mass is 35.5. The van der Waals surface area contributed by atoms with Crippen molar-refractivity contribution >= 4 is 27.6 Å². The molecule has 1 fully saturated rings. The Kier molecular flexibility index (Phi) is 3.59. The van der Waals surface area contributed by atoms with E-state index in [1.165, 1.54) is 17.1 Å². The highest BCUT2D eigenvalue weighted by Gasteiger charge is 2.51. The van der Waals surface area contributed by atoms with E-state index in [1.807, 2.05) is 0 Å². The molecule has 0 amide bonds. The fraction of sp³-hybridized carbons (Fsp3) is 0.600. The summed E-state index contributed by atoms with van der Waals surface area (Å²) >= 11 is 5.67. The molecule has 7 nitrogen and oxygen atoms in total. The molecular formula is C10H14ClN3O4S. The van der Waals surface area contributed by atoms with Crippen molar-refractivity contribution in [3.63, 3.8) is 0 Å². The Balaban J connectivity index is 2.11. The molecule has 1 aliphatic rings. The lowest BCUT2D eigenvalue weighted by molar-refractivity contribution is -0.139. The first-order valence-electron chi connectivity index (χ1n) is 5.66. The molecule has 0 saturated heterocycles. The number of carboxylic acids is 1. The van der Waals surface area contributed by atoms with E-state index in [-0.39, 0.29) is 6.54 Å². The van der Waals surface area contributed by atoms with Gasteiger partial charge in [0.1, 0.15) is 6.04 Å². The van der Waals surface area contributed by atoms with E-state index in [0.717, 1.165) is 0 Å². The molecule has 0 bridgehead atoms. The van der Waals surface area contributed by atoms with Gasteiger partial charge >= 0.3 is 5.97 Å². The summed E-state index contributed by atoms with van der Waals surface area (Å²) < 4.78 is 26.7. The van der Waals surface area contributed by atoms with E-state index in [0.29, 0.717) is 17.9 Å². The summed E-state index contributed by atoms with van der Waals surface area (Å²) in [7, 11) is -3.65. The first-order chi connectivity index (χ1) is 8.73. The first kappa shape index (κ1) is 14.3. The summed E-state index contributed by atoms with van der Waals surface area (Å²) in [5.41, 5.74) is 0. The van der Waals surface area contributed by atoms with E-state index in [9.17, 15) is 13.2 Å². The molecule has 9 heteroatoms. The Morgan fingerprint density at radius 2 is 2.32 bits per heavy atom. The van der Waals surface area contributed by atoms with Crippen molar-refractivity contribution in [2.24, 2.45) is 0 Å². The molecule has 0 radical (unpaired) electrons. The van der Waals surface area contributed by atoms with Crippen LogP contribution in [0.3, 0.4) is 0 Å². The summed E-state index contributed by atoms with van der Waals surface area (Å²) in [5, 5.41) is 13.3. The number of aliphatic carboxylic acids is 1. The van der Waals surface area contributed by atoms with Crippen LogP contribution in [0, 0.1) is 0 Å². The Morgan fingerprint density at radius 1 is 1.68 bits per heavy atom. The molecule has 0 aromatic carbocycles. The summed E-state index contributed by atoms with van der Waals surface area (Å²) in [6, 6.07) is -1.27. The number of hydrogen-bond acceptors (Lipinski definition) is 4. The van der Waals surface area contributed by atoms with Crippen molar-refractivity contribution < 1.29 is 18.3 Å². The second kappa shape index (κ2) is 4.77. The van der Waals surface area contributed by atoms with Gasteiger partial charge in [0, 0.05) is 6.20 Å². The summed E-state index contributed by atoms with van der Waals surface area (Å²) in [6.45, 7) is 1.48. The normalized spacial score (nSPS) is 19.1. The van der Waals surface area contributed by atoms with Gasteiger partial charge in [-0.2, -0.15) is 9.82 Å². The summed E-state index contributed by atoms with van der Waals surface area (Å²) in [5.74, 6) is -1.25. The SMILES string of the molecule is CC1(S(=O)(=O)NC(Cn2cc(Cl)cn2)C(=O)O)CC1. The van der Waals surface area contributed by atoms with E-state index in [1.54, 1.807) is 6.92 Å². The third kappa shape index (κ3) is 3.07. The number of sulfonamides is 1. The average Bonchev–Trinajstić information content (AvgIpc) is 2.92. The Bertz CT molecular complexity index is 594. The standard InChI is InChI=1S/C10H14ClN3O4S/c1-10(2-3-10)19(17,18)13-8(9(15)16)6-14-5-7(11)4-12-14/h4-5,8,13H,2-3,6H2,1H3,(H,15,16). The van der Waals surface area contributed by atoms with Crippen LogP contribution in [0.25, 0.3) is 0 Å². The summed E-state index contributed by atoms with van der Waals surface area (Å²) in [6.07, 6.45) is 3.88. The van der Waals surface area contributed by atoms with Gasteiger partial charge in [0.15, 0.2) is 0 Å². The monoisotopic (exact) mass is 307 g/mol. The minimum atomic E-state index is -3.65. The zero-order valence-electron chi connectivity index (χ0n) is 10.2. The van der Waals surface area contributed by atoms with Crippen LogP contribution in [-0.2, 0) is 21.4 Å². The van der Waals surface area contributed by atoms with Gasteiger partial charge in [-0.15, -0.1) is 0 Å². The minimum absolute atomic E-state index is 0.114. The van der Waals surface area contributed by atoms with Crippen molar-refractivity contribution in [2.45, 2.75) is 37.1 Å². The maximum Gasteiger partial charge on any atom is 0.323 e. The van der Waals surface area contributed by atoms with Gasteiger partial charge in [-0.3, -0.25) is 9.48 Å². The van der Waals surface area contributed by atoms with E-state index < -0.39 is 26.8 Å². The molecule has 19 heavy (non-hydrogen) atoms. The topological polar surface area (TPSA) is 101 Å². The van der Waals surface area contributed by atoms with Crippen LogP contribution < -0.4 is 4.72 Å². The van der Waals surface area contributed by atoms with E-state index >= 15 is 0 Å². The van der Waals surface area contributed by atoms with Gasteiger partial charge in [0.05, 0.1) is 22.5 Å². The molecule has 1 aromatic heterocycles. The highest BCUT2D eigenvalue weighted by Crippen LogP contribution is 2.42. The first-order valence-corrected chi connectivity index (χ1v) is 7.52. The molecule has 0 aliphatic heterocycles. The quantitative estimate of drug-likeness (QED) is 0.795. The third-order valence-electron chi connectivity index (χ3n) is 3.17. The van der Waals surface area contributed by atoms with Crippen LogP contribution in [-0.4, -0.2) is 40.1 Å². The van der Waals surface area contributed by atoms with Crippen molar-refractivity contribution in [3.05, 3.63) is 17.4 Å². The number of halogens is 1. The van der Waals surface area contributed by atoms with Gasteiger partial charge < -0.3 is 5.11 Å². The lowest BCUT2D eigenvalue weighted by Crippen LogP contribution is -2.47. The average molecular weight is 308 g/mol. The van der Waals surface area contributed by atoms with E-state index in [2.05, 4.69) is 9.82 Å². The number of hydrogen-bond donors (Lipinski definition) is 2. The van der Waals surface area contributed by atoms with Crippen LogP contribution in [0.5, 0.6) is 0 Å².